The Morgan fingerprint density at radius 3 is 2.38 bits per heavy atom. The third-order valence-corrected chi connectivity index (χ3v) is 9.04. The summed E-state index contributed by atoms with van der Waals surface area (Å²) in [5.41, 5.74) is 1.05. The number of alkyl halides is 5. The van der Waals surface area contributed by atoms with E-state index >= 15 is 0 Å². The van der Waals surface area contributed by atoms with Crippen LogP contribution >= 0.6 is 0 Å². The molecule has 0 spiro atoms. The molecule has 1 N–H and O–H groups in total. The maximum Gasteiger partial charge on any atom is 0.573 e. The fourth-order valence-corrected chi connectivity index (χ4v) is 6.29. The van der Waals surface area contributed by atoms with Gasteiger partial charge >= 0.3 is 6.36 Å². The Morgan fingerprint density at radius 2 is 1.71 bits per heavy atom. The van der Waals surface area contributed by atoms with Crippen molar-refractivity contribution < 1.29 is 39.9 Å². The molecule has 1 fully saturated rings. The van der Waals surface area contributed by atoms with E-state index in [0.717, 1.165) is 28.6 Å². The Morgan fingerprint density at radius 1 is 1.00 bits per heavy atom. The number of hydrogen-bond acceptors (Lipinski definition) is 9. The van der Waals surface area contributed by atoms with Crippen LogP contribution in [0.2, 0.25) is 0 Å². The molecular formula is C28H26F5N7O4S. The molecule has 1 aliphatic rings. The van der Waals surface area contributed by atoms with Gasteiger partial charge in [-0.1, -0.05) is 31.2 Å². The molecule has 2 aromatic carbocycles. The predicted molar refractivity (Wildman–Crippen MR) is 151 cm³/mol. The zero-order valence-electron chi connectivity index (χ0n) is 23.6. The van der Waals surface area contributed by atoms with Gasteiger partial charge in [0, 0.05) is 38.2 Å². The lowest BCUT2D eigenvalue weighted by Crippen LogP contribution is -2.60. The van der Waals surface area contributed by atoms with E-state index in [2.05, 4.69) is 30.0 Å². The second-order valence-electron chi connectivity index (χ2n) is 10.0. The summed E-state index contributed by atoms with van der Waals surface area (Å²) in [4.78, 5) is 31.6. The fraction of sp³-hybridized carbons (Fsp3) is 0.321. The van der Waals surface area contributed by atoms with Crippen molar-refractivity contribution in [2.24, 2.45) is 0 Å². The Hall–Kier alpha value is -4.51. The van der Waals surface area contributed by atoms with Crippen LogP contribution in [0.15, 0.2) is 72.1 Å². The number of nitrogens with zero attached hydrogens (tertiary/aromatic N) is 6. The number of anilines is 1. The molecule has 1 aliphatic heterocycles. The molecular weight excluding hydrogens is 625 g/mol. The van der Waals surface area contributed by atoms with Crippen LogP contribution in [0.5, 0.6) is 5.75 Å². The summed E-state index contributed by atoms with van der Waals surface area (Å²) < 4.78 is 98.0. The first kappa shape index (κ1) is 31.9. The van der Waals surface area contributed by atoms with Crippen LogP contribution in [-0.2, 0) is 27.3 Å². The van der Waals surface area contributed by atoms with Crippen molar-refractivity contribution in [1.82, 2.24) is 29.6 Å². The number of hydrogen-bond donors (Lipinski definition) is 1. The van der Waals surface area contributed by atoms with Gasteiger partial charge < -0.3 is 15.0 Å². The lowest BCUT2D eigenvalue weighted by Gasteiger charge is -2.40. The number of amides is 1. The topological polar surface area (TPSA) is 131 Å². The third-order valence-electron chi connectivity index (χ3n) is 7.12. The monoisotopic (exact) mass is 651 g/mol. The molecule has 1 atom stereocenters. The number of rotatable bonds is 9. The SMILES string of the molecule is CCC(F)(F)c1ccc(CNC(=O)[C@H]2CN(c3cnc4ncncc4n3)CCN2S(=O)(=O)c2ccc(OC(F)(F)F)cc2)cc1. The number of nitrogens with one attached hydrogen (secondary N) is 1. The molecule has 0 saturated carbocycles. The molecule has 45 heavy (non-hydrogen) atoms. The number of ether oxygens (including phenoxy) is 1. The van der Waals surface area contributed by atoms with Gasteiger partial charge in [-0.05, 0) is 29.8 Å². The first-order valence-corrected chi connectivity index (χ1v) is 15.0. The summed E-state index contributed by atoms with van der Waals surface area (Å²) in [5.74, 6) is -3.97. The third kappa shape index (κ3) is 7.25. The average molecular weight is 652 g/mol. The minimum atomic E-state index is -4.96. The van der Waals surface area contributed by atoms with E-state index in [4.69, 9.17) is 0 Å². The van der Waals surface area contributed by atoms with Crippen LogP contribution in [0.4, 0.5) is 27.8 Å². The van der Waals surface area contributed by atoms with Gasteiger partial charge in [-0.3, -0.25) is 4.79 Å². The fourth-order valence-electron chi connectivity index (χ4n) is 4.72. The molecule has 11 nitrogen and oxygen atoms in total. The Balaban J connectivity index is 1.40. The first-order valence-electron chi connectivity index (χ1n) is 13.6. The van der Waals surface area contributed by atoms with Crippen molar-refractivity contribution >= 4 is 32.9 Å². The summed E-state index contributed by atoms with van der Waals surface area (Å²) >= 11 is 0. The number of aromatic nitrogens is 4. The second-order valence-corrected chi connectivity index (χ2v) is 11.9. The summed E-state index contributed by atoms with van der Waals surface area (Å²) in [5, 5.41) is 2.67. The van der Waals surface area contributed by atoms with Crippen LogP contribution in [0.3, 0.4) is 0 Å². The molecule has 1 saturated heterocycles. The van der Waals surface area contributed by atoms with E-state index in [1.165, 1.54) is 49.9 Å². The van der Waals surface area contributed by atoms with Crippen molar-refractivity contribution in [2.75, 3.05) is 24.5 Å². The smallest absolute Gasteiger partial charge is 0.406 e. The van der Waals surface area contributed by atoms with Crippen LogP contribution in [0, 0.1) is 0 Å². The van der Waals surface area contributed by atoms with Gasteiger partial charge in [0.05, 0.1) is 17.3 Å². The number of piperazine rings is 1. The van der Waals surface area contributed by atoms with Crippen molar-refractivity contribution in [2.45, 2.75) is 43.1 Å². The number of benzene rings is 2. The summed E-state index contributed by atoms with van der Waals surface area (Å²) in [6, 6.07) is 7.74. The lowest BCUT2D eigenvalue weighted by molar-refractivity contribution is -0.274. The quantitative estimate of drug-likeness (QED) is 0.267. The lowest BCUT2D eigenvalue weighted by atomic mass is 10.0. The molecule has 5 rings (SSSR count). The van der Waals surface area contributed by atoms with Crippen molar-refractivity contribution in [1.29, 1.82) is 0 Å². The zero-order valence-corrected chi connectivity index (χ0v) is 24.4. The normalized spacial score (nSPS) is 16.5. The van der Waals surface area contributed by atoms with E-state index in [1.807, 2.05) is 0 Å². The maximum absolute atomic E-state index is 14.0. The van der Waals surface area contributed by atoms with E-state index < -0.39 is 40.0 Å². The zero-order chi connectivity index (χ0) is 32.4. The minimum Gasteiger partial charge on any atom is -0.406 e. The predicted octanol–water partition coefficient (Wildman–Crippen LogP) is 4.02. The summed E-state index contributed by atoms with van der Waals surface area (Å²) in [6.45, 7) is 1.03. The molecule has 3 heterocycles. The number of fused-ring (bicyclic) bond motifs is 1. The highest BCUT2D eigenvalue weighted by Crippen LogP contribution is 2.31. The Bertz CT molecular complexity index is 1780. The van der Waals surface area contributed by atoms with Crippen LogP contribution in [-0.4, -0.2) is 70.6 Å². The highest BCUT2D eigenvalue weighted by molar-refractivity contribution is 7.89. The molecule has 0 unspecified atom stereocenters. The van der Waals surface area contributed by atoms with Gasteiger partial charge in [-0.2, -0.15) is 4.31 Å². The van der Waals surface area contributed by atoms with Gasteiger partial charge in [-0.15, -0.1) is 13.2 Å². The van der Waals surface area contributed by atoms with E-state index in [9.17, 15) is 35.2 Å². The average Bonchev–Trinajstić information content (AvgIpc) is 3.02. The second kappa shape index (κ2) is 12.5. The van der Waals surface area contributed by atoms with Gasteiger partial charge in [0.25, 0.3) is 5.92 Å². The molecule has 0 bridgehead atoms. The highest BCUT2D eigenvalue weighted by atomic mass is 32.2. The minimum absolute atomic E-state index is 0.0855. The first-order chi connectivity index (χ1) is 21.3. The largest absolute Gasteiger partial charge is 0.573 e. The number of halogens is 5. The van der Waals surface area contributed by atoms with Gasteiger partial charge in [0.2, 0.25) is 15.9 Å². The summed E-state index contributed by atoms with van der Waals surface area (Å²) in [7, 11) is -4.40. The number of sulfonamides is 1. The molecule has 4 aromatic rings. The van der Waals surface area contributed by atoms with E-state index in [1.54, 1.807) is 4.90 Å². The molecule has 2 aromatic heterocycles. The molecule has 1 amide bonds. The molecule has 0 aliphatic carbocycles. The van der Waals surface area contributed by atoms with Crippen LogP contribution < -0.4 is 15.0 Å². The van der Waals surface area contributed by atoms with Gasteiger partial charge in [0.15, 0.2) is 5.65 Å². The van der Waals surface area contributed by atoms with Gasteiger partial charge in [-0.25, -0.2) is 37.1 Å². The van der Waals surface area contributed by atoms with Gasteiger partial charge in [0.1, 0.15) is 29.5 Å². The van der Waals surface area contributed by atoms with Crippen LogP contribution in [0.1, 0.15) is 24.5 Å². The highest BCUT2D eigenvalue weighted by Gasteiger charge is 2.41. The van der Waals surface area contributed by atoms with E-state index in [0.29, 0.717) is 22.5 Å². The van der Waals surface area contributed by atoms with E-state index in [-0.39, 0.29) is 43.1 Å². The Labute approximate surface area is 254 Å². The van der Waals surface area contributed by atoms with Crippen molar-refractivity contribution in [3.8, 4) is 5.75 Å². The molecule has 0 radical (unpaired) electrons. The molecule has 17 heteroatoms. The van der Waals surface area contributed by atoms with Crippen molar-refractivity contribution in [3.05, 3.63) is 78.4 Å². The summed E-state index contributed by atoms with van der Waals surface area (Å²) in [6.07, 6.45) is -1.14. The maximum atomic E-state index is 14.0. The Kier molecular flexibility index (Phi) is 8.84. The number of carbonyl (C=O) groups is 1. The van der Waals surface area contributed by atoms with Crippen molar-refractivity contribution in [3.63, 3.8) is 0 Å². The number of carbonyl (C=O) groups excluding carboxylic acids is 1. The van der Waals surface area contributed by atoms with Crippen LogP contribution in [0.25, 0.3) is 11.2 Å². The standard InChI is InChI=1S/C28H26F5N7O4S/c1-2-27(29,30)19-5-3-18(4-6-19)13-36-26(41)23-16-39(24-15-35-25-22(38-24)14-34-17-37-25)11-12-40(23)45(42,43)21-9-7-20(8-10-21)44-28(31,32)33/h3-10,14-15,17,23H,2,11-13,16H2,1H3,(H,36,41)/t23-/m1/s1. The molecule has 238 valence electrons.